The summed E-state index contributed by atoms with van der Waals surface area (Å²) < 4.78 is 0. The van der Waals surface area contributed by atoms with Crippen LogP contribution in [0.2, 0.25) is 0 Å². The maximum Gasteiger partial charge on any atom is 0.0759 e. The van der Waals surface area contributed by atoms with Crippen molar-refractivity contribution >= 4 is 22.9 Å². The molecule has 1 nitrogen and oxygen atoms in total. The maximum absolute atomic E-state index is 6.72. The topological polar surface area (TPSA) is 12.9 Å². The normalized spacial score (nSPS) is 18.1. The molecule has 1 aliphatic carbocycles. The van der Waals surface area contributed by atoms with Gasteiger partial charge in [-0.2, -0.15) is 0 Å². The standard InChI is InChI=1S/C17H20ClNS/c1-12(14-8-5-6-10-19-14)17(18)16-11-13-7-3-2-4-9-15(13)20-16/h5-6,8,10-12,17H,2-4,7,9H2,1H3. The minimum atomic E-state index is 0.0295. The van der Waals surface area contributed by atoms with Crippen molar-refractivity contribution in [3.63, 3.8) is 0 Å². The van der Waals surface area contributed by atoms with E-state index in [9.17, 15) is 0 Å². The highest BCUT2D eigenvalue weighted by atomic mass is 35.5. The first-order chi connectivity index (χ1) is 9.75. The number of aryl methyl sites for hydroxylation is 2. The molecule has 20 heavy (non-hydrogen) atoms. The van der Waals surface area contributed by atoms with Crippen molar-refractivity contribution in [2.45, 2.75) is 50.3 Å². The summed E-state index contributed by atoms with van der Waals surface area (Å²) in [5, 5.41) is 0.0295. The number of hydrogen-bond donors (Lipinski definition) is 0. The van der Waals surface area contributed by atoms with Crippen molar-refractivity contribution in [2.75, 3.05) is 0 Å². The lowest BCUT2D eigenvalue weighted by atomic mass is 10.0. The smallest absolute Gasteiger partial charge is 0.0759 e. The lowest BCUT2D eigenvalue weighted by molar-refractivity contribution is 0.706. The lowest BCUT2D eigenvalue weighted by Crippen LogP contribution is -2.03. The third-order valence-electron chi connectivity index (χ3n) is 4.13. The molecule has 0 spiro atoms. The third kappa shape index (κ3) is 2.91. The molecule has 0 N–H and O–H groups in total. The number of rotatable bonds is 3. The van der Waals surface area contributed by atoms with Crippen molar-refractivity contribution in [1.82, 2.24) is 4.98 Å². The zero-order chi connectivity index (χ0) is 13.9. The highest BCUT2D eigenvalue weighted by Crippen LogP contribution is 2.41. The fraction of sp³-hybridized carbons (Fsp3) is 0.471. The Bertz CT molecular complexity index is 540. The molecule has 3 heteroatoms. The zero-order valence-corrected chi connectivity index (χ0v) is 13.4. The summed E-state index contributed by atoms with van der Waals surface area (Å²) in [6.45, 7) is 2.17. The predicted octanol–water partition coefficient (Wildman–Crippen LogP) is 5.50. The molecule has 2 aromatic heterocycles. The summed E-state index contributed by atoms with van der Waals surface area (Å²) in [5.74, 6) is 0.250. The van der Waals surface area contributed by atoms with Crippen LogP contribution in [-0.2, 0) is 12.8 Å². The fourth-order valence-corrected chi connectivity index (χ4v) is 4.53. The molecule has 106 valence electrons. The van der Waals surface area contributed by atoms with Gasteiger partial charge in [0.15, 0.2) is 0 Å². The van der Waals surface area contributed by atoms with E-state index in [0.29, 0.717) is 0 Å². The van der Waals surface area contributed by atoms with Gasteiger partial charge in [-0.1, -0.05) is 19.4 Å². The number of alkyl halides is 1. The Hall–Kier alpha value is -0.860. The van der Waals surface area contributed by atoms with E-state index >= 15 is 0 Å². The van der Waals surface area contributed by atoms with Crippen LogP contribution >= 0.6 is 22.9 Å². The van der Waals surface area contributed by atoms with Gasteiger partial charge in [0.1, 0.15) is 0 Å². The van der Waals surface area contributed by atoms with Gasteiger partial charge in [0.05, 0.1) is 5.38 Å². The number of nitrogens with zero attached hydrogens (tertiary/aromatic N) is 1. The Morgan fingerprint density at radius 1 is 1.20 bits per heavy atom. The molecule has 0 saturated heterocycles. The Balaban J connectivity index is 1.82. The van der Waals surface area contributed by atoms with Crippen molar-refractivity contribution in [3.8, 4) is 0 Å². The number of hydrogen-bond acceptors (Lipinski definition) is 2. The van der Waals surface area contributed by atoms with Gasteiger partial charge in [-0.05, 0) is 49.4 Å². The van der Waals surface area contributed by atoms with Gasteiger partial charge in [0, 0.05) is 27.6 Å². The van der Waals surface area contributed by atoms with Crippen LogP contribution in [0.15, 0.2) is 30.5 Å². The van der Waals surface area contributed by atoms with Gasteiger partial charge in [-0.15, -0.1) is 22.9 Å². The van der Waals surface area contributed by atoms with Crippen LogP contribution in [-0.4, -0.2) is 4.98 Å². The number of halogens is 1. The Morgan fingerprint density at radius 3 is 2.85 bits per heavy atom. The van der Waals surface area contributed by atoms with E-state index in [1.54, 1.807) is 10.4 Å². The summed E-state index contributed by atoms with van der Waals surface area (Å²) in [6, 6.07) is 8.40. The van der Waals surface area contributed by atoms with E-state index < -0.39 is 0 Å². The average Bonchev–Trinajstić information content (AvgIpc) is 2.77. The monoisotopic (exact) mass is 305 g/mol. The summed E-state index contributed by atoms with van der Waals surface area (Å²) in [4.78, 5) is 7.32. The first kappa shape index (κ1) is 14.1. The molecule has 0 bridgehead atoms. The number of aromatic nitrogens is 1. The predicted molar refractivity (Wildman–Crippen MR) is 86.8 cm³/mol. The van der Waals surface area contributed by atoms with Crippen molar-refractivity contribution in [3.05, 3.63) is 51.5 Å². The molecule has 0 amide bonds. The first-order valence-electron chi connectivity index (χ1n) is 7.42. The van der Waals surface area contributed by atoms with Gasteiger partial charge in [0.25, 0.3) is 0 Å². The van der Waals surface area contributed by atoms with E-state index in [-0.39, 0.29) is 11.3 Å². The molecule has 2 unspecified atom stereocenters. The van der Waals surface area contributed by atoms with Crippen LogP contribution in [0.25, 0.3) is 0 Å². The molecular formula is C17H20ClNS. The van der Waals surface area contributed by atoms with E-state index in [1.165, 1.54) is 37.0 Å². The number of thiophene rings is 1. The number of fused-ring (bicyclic) bond motifs is 1. The molecule has 3 rings (SSSR count). The second-order valence-electron chi connectivity index (χ2n) is 5.60. The molecule has 2 heterocycles. The molecule has 0 fully saturated rings. The summed E-state index contributed by atoms with van der Waals surface area (Å²) in [5.41, 5.74) is 2.62. The molecule has 2 aromatic rings. The van der Waals surface area contributed by atoms with Crippen LogP contribution in [0.1, 0.15) is 58.5 Å². The lowest BCUT2D eigenvalue weighted by Gasteiger charge is -2.16. The highest BCUT2D eigenvalue weighted by molar-refractivity contribution is 7.12. The van der Waals surface area contributed by atoms with Gasteiger partial charge in [0.2, 0.25) is 0 Å². The van der Waals surface area contributed by atoms with Crippen molar-refractivity contribution in [2.24, 2.45) is 0 Å². The van der Waals surface area contributed by atoms with Crippen LogP contribution in [0.3, 0.4) is 0 Å². The Labute approximate surface area is 130 Å². The molecular weight excluding hydrogens is 286 g/mol. The molecule has 0 aliphatic heterocycles. The highest BCUT2D eigenvalue weighted by Gasteiger charge is 2.23. The van der Waals surface area contributed by atoms with Gasteiger partial charge < -0.3 is 0 Å². The van der Waals surface area contributed by atoms with Gasteiger partial charge in [-0.3, -0.25) is 4.98 Å². The molecule has 0 radical (unpaired) electrons. The third-order valence-corrected chi connectivity index (χ3v) is 6.19. The van der Waals surface area contributed by atoms with E-state index in [4.69, 9.17) is 11.6 Å². The Morgan fingerprint density at radius 2 is 2.05 bits per heavy atom. The zero-order valence-electron chi connectivity index (χ0n) is 11.8. The molecule has 0 saturated carbocycles. The van der Waals surface area contributed by atoms with Crippen LogP contribution in [0.5, 0.6) is 0 Å². The minimum Gasteiger partial charge on any atom is -0.261 e. The second kappa shape index (κ2) is 6.28. The second-order valence-corrected chi connectivity index (χ2v) is 7.24. The van der Waals surface area contributed by atoms with Crippen LogP contribution in [0, 0.1) is 0 Å². The molecule has 0 aromatic carbocycles. The maximum atomic E-state index is 6.72. The van der Waals surface area contributed by atoms with Crippen LogP contribution < -0.4 is 0 Å². The van der Waals surface area contributed by atoms with Crippen molar-refractivity contribution < 1.29 is 0 Å². The Kier molecular flexibility index (Phi) is 4.42. The average molecular weight is 306 g/mol. The van der Waals surface area contributed by atoms with Crippen molar-refractivity contribution in [1.29, 1.82) is 0 Å². The van der Waals surface area contributed by atoms with E-state index in [0.717, 1.165) is 5.69 Å². The fourth-order valence-electron chi connectivity index (χ4n) is 2.87. The quantitative estimate of drug-likeness (QED) is 0.539. The SMILES string of the molecule is CC(c1ccccn1)C(Cl)c1cc2c(s1)CCCCC2. The molecule has 2 atom stereocenters. The largest absolute Gasteiger partial charge is 0.261 e. The number of pyridine rings is 1. The first-order valence-corrected chi connectivity index (χ1v) is 8.67. The summed E-state index contributed by atoms with van der Waals surface area (Å²) in [6.07, 6.45) is 8.33. The van der Waals surface area contributed by atoms with E-state index in [1.807, 2.05) is 29.7 Å². The van der Waals surface area contributed by atoms with Gasteiger partial charge in [-0.25, -0.2) is 0 Å². The molecule has 1 aliphatic rings. The van der Waals surface area contributed by atoms with E-state index in [2.05, 4.69) is 24.0 Å². The summed E-state index contributed by atoms with van der Waals surface area (Å²) >= 11 is 8.64. The minimum absolute atomic E-state index is 0.0295. The summed E-state index contributed by atoms with van der Waals surface area (Å²) in [7, 11) is 0. The van der Waals surface area contributed by atoms with Gasteiger partial charge >= 0.3 is 0 Å². The van der Waals surface area contributed by atoms with Crippen LogP contribution in [0.4, 0.5) is 0 Å².